The fourth-order valence-electron chi connectivity index (χ4n) is 2.64. The van der Waals surface area contributed by atoms with Crippen molar-refractivity contribution in [2.24, 2.45) is 0 Å². The number of hydrogen-bond donors (Lipinski definition) is 2. The van der Waals surface area contributed by atoms with E-state index in [1.807, 2.05) is 24.3 Å². The standard InChI is InChI=1S/C21H21FN4O2S/c1-13(2)15-8-6-14(7-9-15)10-18-20(28)24-21(26-25-18)29-12-19(27)23-17-5-3-4-16(22)11-17/h3-9,11,13H,10,12H2,1-2H3,(H,23,27)(H,24,26,28). The van der Waals surface area contributed by atoms with Gasteiger partial charge in [0.2, 0.25) is 5.91 Å². The van der Waals surface area contributed by atoms with Crippen LogP contribution in [0.4, 0.5) is 10.1 Å². The fourth-order valence-corrected chi connectivity index (χ4v) is 3.24. The van der Waals surface area contributed by atoms with Crippen molar-refractivity contribution in [1.29, 1.82) is 0 Å². The quantitative estimate of drug-likeness (QED) is 0.577. The molecule has 2 N–H and O–H groups in total. The van der Waals surface area contributed by atoms with Gasteiger partial charge in [0.05, 0.1) is 5.75 Å². The summed E-state index contributed by atoms with van der Waals surface area (Å²) in [7, 11) is 0. The third kappa shape index (κ3) is 5.99. The Morgan fingerprint density at radius 1 is 1.17 bits per heavy atom. The highest BCUT2D eigenvalue weighted by atomic mass is 32.2. The molecule has 6 nitrogen and oxygen atoms in total. The second kappa shape index (κ2) is 9.47. The van der Waals surface area contributed by atoms with Crippen molar-refractivity contribution in [3.8, 4) is 0 Å². The van der Waals surface area contributed by atoms with Crippen LogP contribution in [0, 0.1) is 5.82 Å². The van der Waals surface area contributed by atoms with E-state index in [0.717, 1.165) is 17.3 Å². The molecule has 2 aromatic carbocycles. The molecule has 0 bridgehead atoms. The molecule has 0 aliphatic heterocycles. The summed E-state index contributed by atoms with van der Waals surface area (Å²) < 4.78 is 13.1. The molecular formula is C21H21FN4O2S. The molecule has 0 aliphatic carbocycles. The van der Waals surface area contributed by atoms with Crippen LogP contribution < -0.4 is 10.9 Å². The number of anilines is 1. The number of H-pyrrole nitrogens is 1. The minimum Gasteiger partial charge on any atom is -0.325 e. The molecule has 0 atom stereocenters. The van der Waals surface area contributed by atoms with Crippen LogP contribution >= 0.6 is 11.8 Å². The maximum Gasteiger partial charge on any atom is 0.273 e. The van der Waals surface area contributed by atoms with Crippen LogP contribution in [0.25, 0.3) is 0 Å². The molecule has 1 amide bonds. The van der Waals surface area contributed by atoms with Gasteiger partial charge in [0.1, 0.15) is 11.5 Å². The molecule has 8 heteroatoms. The summed E-state index contributed by atoms with van der Waals surface area (Å²) in [5, 5.41) is 10.8. The monoisotopic (exact) mass is 412 g/mol. The molecule has 1 heterocycles. The smallest absolute Gasteiger partial charge is 0.273 e. The second-order valence-corrected chi connectivity index (χ2v) is 7.79. The summed E-state index contributed by atoms with van der Waals surface area (Å²) in [5.41, 5.74) is 2.56. The van der Waals surface area contributed by atoms with Gasteiger partial charge in [-0.15, -0.1) is 10.2 Å². The first-order chi connectivity index (χ1) is 13.9. The first-order valence-corrected chi connectivity index (χ1v) is 10.1. The zero-order valence-corrected chi connectivity index (χ0v) is 16.9. The van der Waals surface area contributed by atoms with Crippen LogP contribution in [0.2, 0.25) is 0 Å². The topological polar surface area (TPSA) is 87.7 Å². The largest absolute Gasteiger partial charge is 0.325 e. The molecule has 0 fully saturated rings. The van der Waals surface area contributed by atoms with E-state index in [-0.39, 0.29) is 22.4 Å². The van der Waals surface area contributed by atoms with Crippen LogP contribution in [0.5, 0.6) is 0 Å². The lowest BCUT2D eigenvalue weighted by Crippen LogP contribution is -2.19. The number of halogens is 1. The third-order valence-corrected chi connectivity index (χ3v) is 5.07. The van der Waals surface area contributed by atoms with E-state index >= 15 is 0 Å². The number of rotatable bonds is 7. The van der Waals surface area contributed by atoms with Crippen LogP contribution in [-0.2, 0) is 11.2 Å². The number of carbonyl (C=O) groups is 1. The fraction of sp³-hybridized carbons (Fsp3) is 0.238. The molecular weight excluding hydrogens is 391 g/mol. The van der Waals surface area contributed by atoms with Gasteiger partial charge in [0.15, 0.2) is 5.16 Å². The Kier molecular flexibility index (Phi) is 6.77. The van der Waals surface area contributed by atoms with Crippen molar-refractivity contribution in [2.45, 2.75) is 31.3 Å². The Hall–Kier alpha value is -3.00. The van der Waals surface area contributed by atoms with Gasteiger partial charge in [-0.2, -0.15) is 0 Å². The molecule has 0 aliphatic rings. The lowest BCUT2D eigenvalue weighted by molar-refractivity contribution is -0.113. The van der Waals surface area contributed by atoms with Crippen molar-refractivity contribution in [3.05, 3.63) is 81.5 Å². The van der Waals surface area contributed by atoms with Crippen LogP contribution in [0.15, 0.2) is 58.5 Å². The number of nitrogens with one attached hydrogen (secondary N) is 2. The lowest BCUT2D eigenvalue weighted by Gasteiger charge is -2.07. The molecule has 0 saturated heterocycles. The van der Waals surface area contributed by atoms with Gasteiger partial charge in [-0.05, 0) is 35.2 Å². The predicted octanol–water partition coefficient (Wildman–Crippen LogP) is 3.75. The van der Waals surface area contributed by atoms with Crippen molar-refractivity contribution >= 4 is 23.4 Å². The number of nitrogens with zero attached hydrogens (tertiary/aromatic N) is 2. The maximum absolute atomic E-state index is 13.1. The summed E-state index contributed by atoms with van der Waals surface area (Å²) in [6, 6.07) is 13.7. The molecule has 0 radical (unpaired) electrons. The number of aromatic nitrogens is 3. The summed E-state index contributed by atoms with van der Waals surface area (Å²) >= 11 is 1.05. The van der Waals surface area contributed by atoms with Crippen molar-refractivity contribution in [2.75, 3.05) is 11.1 Å². The zero-order valence-electron chi connectivity index (χ0n) is 16.1. The Morgan fingerprint density at radius 2 is 1.93 bits per heavy atom. The number of amides is 1. The SMILES string of the molecule is CC(C)c1ccc(Cc2nnc(SCC(=O)Nc3cccc(F)c3)[nH]c2=O)cc1. The average molecular weight is 412 g/mol. The first kappa shape index (κ1) is 20.7. The van der Waals surface area contributed by atoms with E-state index in [4.69, 9.17) is 0 Å². The van der Waals surface area contributed by atoms with Gasteiger partial charge in [-0.3, -0.25) is 14.6 Å². The van der Waals surface area contributed by atoms with E-state index in [2.05, 4.69) is 34.3 Å². The highest BCUT2D eigenvalue weighted by molar-refractivity contribution is 7.99. The number of aromatic amines is 1. The molecule has 150 valence electrons. The Bertz CT molecular complexity index is 1050. The second-order valence-electron chi connectivity index (χ2n) is 6.83. The molecule has 0 unspecified atom stereocenters. The van der Waals surface area contributed by atoms with Gasteiger partial charge in [0, 0.05) is 12.1 Å². The van der Waals surface area contributed by atoms with Gasteiger partial charge in [-0.1, -0.05) is 55.9 Å². The van der Waals surface area contributed by atoms with Gasteiger partial charge < -0.3 is 5.32 Å². The number of benzene rings is 2. The first-order valence-electron chi connectivity index (χ1n) is 9.13. The van der Waals surface area contributed by atoms with E-state index in [1.54, 1.807) is 6.07 Å². The molecule has 3 rings (SSSR count). The summed E-state index contributed by atoms with van der Waals surface area (Å²) in [5.74, 6) is -0.309. The highest BCUT2D eigenvalue weighted by Crippen LogP contribution is 2.16. The predicted molar refractivity (Wildman–Crippen MR) is 112 cm³/mol. The van der Waals surface area contributed by atoms with E-state index < -0.39 is 5.82 Å². The summed E-state index contributed by atoms with van der Waals surface area (Å²) in [4.78, 5) is 26.9. The van der Waals surface area contributed by atoms with Crippen LogP contribution in [0.1, 0.15) is 36.6 Å². The average Bonchev–Trinajstić information content (AvgIpc) is 2.69. The van der Waals surface area contributed by atoms with Gasteiger partial charge in [-0.25, -0.2) is 4.39 Å². The molecule has 0 saturated carbocycles. The Labute approximate surface area is 172 Å². The molecule has 29 heavy (non-hydrogen) atoms. The Balaban J connectivity index is 1.57. The Morgan fingerprint density at radius 3 is 2.59 bits per heavy atom. The lowest BCUT2D eigenvalue weighted by atomic mass is 10.0. The van der Waals surface area contributed by atoms with Gasteiger partial charge in [0.25, 0.3) is 5.56 Å². The van der Waals surface area contributed by atoms with Crippen molar-refractivity contribution < 1.29 is 9.18 Å². The van der Waals surface area contributed by atoms with Gasteiger partial charge >= 0.3 is 0 Å². The molecule has 1 aromatic heterocycles. The molecule has 0 spiro atoms. The van der Waals surface area contributed by atoms with Crippen molar-refractivity contribution in [1.82, 2.24) is 15.2 Å². The molecule has 3 aromatic rings. The van der Waals surface area contributed by atoms with E-state index in [0.29, 0.717) is 23.7 Å². The summed E-state index contributed by atoms with van der Waals surface area (Å²) in [6.45, 7) is 4.25. The minimum atomic E-state index is -0.430. The number of carbonyl (C=O) groups excluding carboxylic acids is 1. The van der Waals surface area contributed by atoms with E-state index in [9.17, 15) is 14.0 Å². The third-order valence-electron chi connectivity index (χ3n) is 4.21. The maximum atomic E-state index is 13.1. The minimum absolute atomic E-state index is 0.0111. The highest BCUT2D eigenvalue weighted by Gasteiger charge is 2.10. The number of hydrogen-bond acceptors (Lipinski definition) is 5. The van der Waals surface area contributed by atoms with Crippen LogP contribution in [-0.4, -0.2) is 26.8 Å². The normalized spacial score (nSPS) is 10.9. The van der Waals surface area contributed by atoms with E-state index in [1.165, 1.54) is 23.8 Å². The summed E-state index contributed by atoms with van der Waals surface area (Å²) in [6.07, 6.45) is 0.381. The zero-order chi connectivity index (χ0) is 20.8. The number of thioether (sulfide) groups is 1. The van der Waals surface area contributed by atoms with Crippen LogP contribution in [0.3, 0.4) is 0 Å². The van der Waals surface area contributed by atoms with Crippen molar-refractivity contribution in [3.63, 3.8) is 0 Å².